The first-order valence-electron chi connectivity index (χ1n) is 7.11. The average molecular weight is 343 g/mol. The summed E-state index contributed by atoms with van der Waals surface area (Å²) in [4.78, 5) is 12.3. The molecule has 3 N–H and O–H groups in total. The highest BCUT2D eigenvalue weighted by Crippen LogP contribution is 2.30. The summed E-state index contributed by atoms with van der Waals surface area (Å²) < 4.78 is 2.08. The van der Waals surface area contributed by atoms with Gasteiger partial charge in [0.05, 0.1) is 11.9 Å². The zero-order chi connectivity index (χ0) is 14.9. The van der Waals surface area contributed by atoms with Crippen LogP contribution in [0.25, 0.3) is 0 Å². The summed E-state index contributed by atoms with van der Waals surface area (Å²) >= 11 is 3.40. The topological polar surface area (TPSA) is 72.9 Å². The second kappa shape index (κ2) is 5.85. The third kappa shape index (κ3) is 3.23. The van der Waals surface area contributed by atoms with E-state index in [9.17, 15) is 4.79 Å². The molecule has 0 saturated heterocycles. The minimum Gasteiger partial charge on any atom is -0.376 e. The maximum absolute atomic E-state index is 12.3. The predicted octanol–water partition coefficient (Wildman–Crippen LogP) is 2.20. The SMILES string of the molecule is CC(C)C(C)(CN)Nc1cnn(CC2CC2)c(=O)c1Br. The van der Waals surface area contributed by atoms with Crippen molar-refractivity contribution in [2.45, 2.75) is 45.7 Å². The van der Waals surface area contributed by atoms with Crippen LogP contribution in [0.4, 0.5) is 5.69 Å². The number of anilines is 1. The Balaban J connectivity index is 2.24. The molecular formula is C14H23BrN4O. The van der Waals surface area contributed by atoms with Gasteiger partial charge in [0.25, 0.3) is 5.56 Å². The molecule has 6 heteroatoms. The van der Waals surface area contributed by atoms with Gasteiger partial charge in [0.15, 0.2) is 0 Å². The third-order valence-corrected chi connectivity index (χ3v) is 5.00. The lowest BCUT2D eigenvalue weighted by Gasteiger charge is -2.34. The lowest BCUT2D eigenvalue weighted by molar-refractivity contribution is 0.381. The molecule has 0 spiro atoms. The molecule has 1 saturated carbocycles. The first-order chi connectivity index (χ1) is 9.37. The number of nitrogens with two attached hydrogens (primary N) is 1. The van der Waals surface area contributed by atoms with E-state index in [2.05, 4.69) is 47.1 Å². The van der Waals surface area contributed by atoms with Gasteiger partial charge in [-0.15, -0.1) is 0 Å². The summed E-state index contributed by atoms with van der Waals surface area (Å²) in [6, 6.07) is 0. The predicted molar refractivity (Wildman–Crippen MR) is 84.8 cm³/mol. The van der Waals surface area contributed by atoms with Crippen LogP contribution >= 0.6 is 15.9 Å². The van der Waals surface area contributed by atoms with Crippen molar-refractivity contribution in [1.29, 1.82) is 0 Å². The second-order valence-electron chi connectivity index (χ2n) is 6.20. The van der Waals surface area contributed by atoms with Crippen molar-refractivity contribution in [3.05, 3.63) is 21.0 Å². The fourth-order valence-electron chi connectivity index (χ4n) is 1.97. The van der Waals surface area contributed by atoms with Gasteiger partial charge in [-0.2, -0.15) is 5.10 Å². The largest absolute Gasteiger partial charge is 0.376 e. The highest BCUT2D eigenvalue weighted by atomic mass is 79.9. The number of aromatic nitrogens is 2. The summed E-state index contributed by atoms with van der Waals surface area (Å²) in [7, 11) is 0. The van der Waals surface area contributed by atoms with E-state index >= 15 is 0 Å². The second-order valence-corrected chi connectivity index (χ2v) is 7.00. The van der Waals surface area contributed by atoms with Crippen LogP contribution in [0.2, 0.25) is 0 Å². The quantitative estimate of drug-likeness (QED) is 0.831. The minimum absolute atomic E-state index is 0.0787. The van der Waals surface area contributed by atoms with Gasteiger partial charge in [-0.05, 0) is 47.5 Å². The Kier molecular flexibility index (Phi) is 4.54. The molecule has 1 fully saturated rings. The van der Waals surface area contributed by atoms with Crippen LogP contribution in [0.5, 0.6) is 0 Å². The number of hydrogen-bond acceptors (Lipinski definition) is 4. The van der Waals surface area contributed by atoms with Gasteiger partial charge in [0.1, 0.15) is 4.47 Å². The van der Waals surface area contributed by atoms with E-state index < -0.39 is 0 Å². The highest BCUT2D eigenvalue weighted by Gasteiger charge is 2.28. The van der Waals surface area contributed by atoms with Crippen LogP contribution in [0, 0.1) is 11.8 Å². The van der Waals surface area contributed by atoms with E-state index in [-0.39, 0.29) is 11.1 Å². The number of hydrogen-bond donors (Lipinski definition) is 2. The molecule has 1 atom stereocenters. The molecule has 0 bridgehead atoms. The van der Waals surface area contributed by atoms with Gasteiger partial charge in [-0.25, -0.2) is 4.68 Å². The number of halogens is 1. The van der Waals surface area contributed by atoms with E-state index in [1.165, 1.54) is 12.8 Å². The molecule has 0 amide bonds. The minimum atomic E-state index is -0.265. The first-order valence-corrected chi connectivity index (χ1v) is 7.90. The van der Waals surface area contributed by atoms with Crippen molar-refractivity contribution in [2.24, 2.45) is 17.6 Å². The number of nitrogens with zero attached hydrogens (tertiary/aromatic N) is 2. The number of rotatable bonds is 6. The van der Waals surface area contributed by atoms with Gasteiger partial charge < -0.3 is 11.1 Å². The fourth-order valence-corrected chi connectivity index (χ4v) is 2.37. The van der Waals surface area contributed by atoms with Gasteiger partial charge in [-0.3, -0.25) is 4.79 Å². The molecule has 1 aliphatic rings. The first kappa shape index (κ1) is 15.5. The van der Waals surface area contributed by atoms with Gasteiger partial charge in [-0.1, -0.05) is 13.8 Å². The van der Waals surface area contributed by atoms with Crippen molar-refractivity contribution in [2.75, 3.05) is 11.9 Å². The molecule has 112 valence electrons. The molecule has 2 rings (SSSR count). The summed E-state index contributed by atoms with van der Waals surface area (Å²) in [5.74, 6) is 0.962. The maximum atomic E-state index is 12.3. The Morgan fingerprint density at radius 3 is 2.75 bits per heavy atom. The van der Waals surface area contributed by atoms with E-state index in [0.717, 1.165) is 6.54 Å². The molecule has 1 aliphatic carbocycles. The summed E-state index contributed by atoms with van der Waals surface area (Å²) in [5, 5.41) is 7.63. The molecule has 1 unspecified atom stereocenters. The highest BCUT2D eigenvalue weighted by molar-refractivity contribution is 9.10. The van der Waals surface area contributed by atoms with Crippen LogP contribution in [-0.2, 0) is 6.54 Å². The van der Waals surface area contributed by atoms with Crippen LogP contribution in [0.15, 0.2) is 15.5 Å². The molecule has 5 nitrogen and oxygen atoms in total. The van der Waals surface area contributed by atoms with Crippen LogP contribution in [-0.4, -0.2) is 21.9 Å². The zero-order valence-corrected chi connectivity index (χ0v) is 13.9. The van der Waals surface area contributed by atoms with Gasteiger partial charge in [0, 0.05) is 18.6 Å². The fraction of sp³-hybridized carbons (Fsp3) is 0.714. The number of nitrogens with one attached hydrogen (secondary N) is 1. The van der Waals surface area contributed by atoms with Crippen molar-refractivity contribution < 1.29 is 0 Å². The molecular weight excluding hydrogens is 320 g/mol. The molecule has 0 aromatic carbocycles. The van der Waals surface area contributed by atoms with E-state index in [1.54, 1.807) is 10.9 Å². The Hall–Kier alpha value is -0.880. The molecule has 0 aliphatic heterocycles. The van der Waals surface area contributed by atoms with E-state index in [4.69, 9.17) is 5.73 Å². The molecule has 20 heavy (non-hydrogen) atoms. The lowest BCUT2D eigenvalue weighted by atomic mass is 9.88. The molecule has 1 heterocycles. The standard InChI is InChI=1S/C14H23BrN4O/c1-9(2)14(3,8-16)18-11-6-17-19(7-10-4-5-10)13(20)12(11)15/h6,9-10,18H,4-5,7-8,16H2,1-3H3. The van der Waals surface area contributed by atoms with Crippen molar-refractivity contribution in [3.63, 3.8) is 0 Å². The van der Waals surface area contributed by atoms with Crippen LogP contribution < -0.4 is 16.6 Å². The van der Waals surface area contributed by atoms with Crippen molar-refractivity contribution in [1.82, 2.24) is 9.78 Å². The van der Waals surface area contributed by atoms with Crippen LogP contribution in [0.1, 0.15) is 33.6 Å². The molecule has 1 aromatic rings. The van der Waals surface area contributed by atoms with Crippen molar-refractivity contribution >= 4 is 21.6 Å². The normalized spacial score (nSPS) is 18.1. The average Bonchev–Trinajstić information content (AvgIpc) is 3.22. The summed E-state index contributed by atoms with van der Waals surface area (Å²) in [6.45, 7) is 7.48. The Morgan fingerprint density at radius 2 is 2.25 bits per heavy atom. The van der Waals surface area contributed by atoms with Gasteiger partial charge in [0.2, 0.25) is 0 Å². The van der Waals surface area contributed by atoms with Gasteiger partial charge >= 0.3 is 0 Å². The zero-order valence-electron chi connectivity index (χ0n) is 12.3. The Labute approximate surface area is 128 Å². The third-order valence-electron chi connectivity index (χ3n) is 4.23. The molecule has 1 aromatic heterocycles. The van der Waals surface area contributed by atoms with Crippen molar-refractivity contribution in [3.8, 4) is 0 Å². The van der Waals surface area contributed by atoms with Crippen LogP contribution in [0.3, 0.4) is 0 Å². The summed E-state index contributed by atoms with van der Waals surface area (Å²) in [5.41, 5.74) is 6.23. The maximum Gasteiger partial charge on any atom is 0.283 e. The van der Waals surface area contributed by atoms with E-state index in [0.29, 0.717) is 28.5 Å². The Morgan fingerprint density at radius 1 is 1.60 bits per heavy atom. The monoisotopic (exact) mass is 342 g/mol. The Bertz CT molecular complexity index is 538. The smallest absolute Gasteiger partial charge is 0.283 e. The molecule has 0 radical (unpaired) electrons. The van der Waals surface area contributed by atoms with E-state index in [1.807, 2.05) is 0 Å². The lowest BCUT2D eigenvalue weighted by Crippen LogP contribution is -2.47. The summed E-state index contributed by atoms with van der Waals surface area (Å²) in [6.07, 6.45) is 4.11.